The molecule has 0 aromatic heterocycles. The monoisotopic (exact) mass is 267 g/mol. The molecule has 0 radical (unpaired) electrons. The van der Waals surface area contributed by atoms with Gasteiger partial charge >= 0.3 is 0 Å². The second kappa shape index (κ2) is 6.23. The fraction of sp³-hybridized carbons (Fsp3) is 0.933. The number of carbonyl (C=O) groups is 1. The minimum Gasteiger partial charge on any atom is -0.339 e. The van der Waals surface area contributed by atoms with E-state index in [1.165, 1.54) is 25.7 Å². The maximum Gasteiger partial charge on any atom is 0.239 e. The molecular formula is C15H29N3O. The van der Waals surface area contributed by atoms with E-state index in [9.17, 15) is 4.79 Å². The molecule has 0 aromatic carbocycles. The number of carbonyl (C=O) groups excluding carboxylic acids is 1. The summed E-state index contributed by atoms with van der Waals surface area (Å²) in [6.07, 6.45) is 7.20. The Bertz CT molecular complexity index is 309. The minimum atomic E-state index is 0.0550. The molecule has 2 aliphatic rings. The standard InChI is InChI=1S/C15H29N3O/c1-4-16-13-8-7-11-18(14(13)19)12-15(17(2)3)9-5-6-10-15/h13,16H,4-12H2,1-3H3. The van der Waals surface area contributed by atoms with Gasteiger partial charge in [0.05, 0.1) is 6.04 Å². The largest absolute Gasteiger partial charge is 0.339 e. The zero-order valence-corrected chi connectivity index (χ0v) is 12.7. The van der Waals surface area contributed by atoms with Crippen molar-refractivity contribution in [1.82, 2.24) is 15.1 Å². The summed E-state index contributed by atoms with van der Waals surface area (Å²) in [6, 6.07) is 0.0550. The van der Waals surface area contributed by atoms with Crippen molar-refractivity contribution in [1.29, 1.82) is 0 Å². The molecule has 1 saturated carbocycles. The SMILES string of the molecule is CCNC1CCCN(CC2(N(C)C)CCCC2)C1=O. The smallest absolute Gasteiger partial charge is 0.239 e. The van der Waals surface area contributed by atoms with Gasteiger partial charge in [-0.25, -0.2) is 0 Å². The van der Waals surface area contributed by atoms with E-state index in [1.807, 2.05) is 0 Å². The predicted molar refractivity (Wildman–Crippen MR) is 78.2 cm³/mol. The summed E-state index contributed by atoms with van der Waals surface area (Å²) in [5, 5.41) is 3.33. The lowest BCUT2D eigenvalue weighted by atomic mass is 9.93. The molecular weight excluding hydrogens is 238 g/mol. The van der Waals surface area contributed by atoms with E-state index in [0.717, 1.165) is 32.5 Å². The molecule has 1 unspecified atom stereocenters. The highest BCUT2D eigenvalue weighted by molar-refractivity contribution is 5.82. The van der Waals surface area contributed by atoms with Gasteiger partial charge in [0.2, 0.25) is 5.91 Å². The third-order valence-electron chi connectivity index (χ3n) is 4.95. The number of nitrogens with zero attached hydrogens (tertiary/aromatic N) is 2. The van der Waals surface area contributed by atoms with Gasteiger partial charge in [-0.05, 0) is 46.3 Å². The molecule has 19 heavy (non-hydrogen) atoms. The number of amides is 1. The van der Waals surface area contributed by atoms with Gasteiger partial charge in [0.25, 0.3) is 0 Å². The van der Waals surface area contributed by atoms with Crippen LogP contribution in [-0.2, 0) is 4.79 Å². The van der Waals surface area contributed by atoms with E-state index in [4.69, 9.17) is 0 Å². The molecule has 2 fully saturated rings. The van der Waals surface area contributed by atoms with Crippen molar-refractivity contribution in [3.05, 3.63) is 0 Å². The molecule has 1 aliphatic heterocycles. The van der Waals surface area contributed by atoms with E-state index in [-0.39, 0.29) is 11.6 Å². The zero-order chi connectivity index (χ0) is 13.9. The average molecular weight is 267 g/mol. The Labute approximate surface area is 117 Å². The Morgan fingerprint density at radius 2 is 2.00 bits per heavy atom. The molecule has 110 valence electrons. The third-order valence-corrected chi connectivity index (χ3v) is 4.95. The first-order valence-electron chi connectivity index (χ1n) is 7.79. The normalized spacial score (nSPS) is 27.3. The van der Waals surface area contributed by atoms with E-state index >= 15 is 0 Å². The van der Waals surface area contributed by atoms with E-state index < -0.39 is 0 Å². The number of hydrogen-bond donors (Lipinski definition) is 1. The molecule has 0 spiro atoms. The number of piperidine rings is 1. The molecule has 1 saturated heterocycles. The van der Waals surface area contributed by atoms with Crippen LogP contribution in [0.5, 0.6) is 0 Å². The molecule has 1 amide bonds. The van der Waals surface area contributed by atoms with Gasteiger partial charge in [-0.2, -0.15) is 0 Å². The minimum absolute atomic E-state index is 0.0550. The number of rotatable bonds is 5. The quantitative estimate of drug-likeness (QED) is 0.819. The van der Waals surface area contributed by atoms with Crippen molar-refractivity contribution in [2.45, 2.75) is 57.0 Å². The summed E-state index contributed by atoms with van der Waals surface area (Å²) in [7, 11) is 4.34. The van der Waals surface area contributed by atoms with Gasteiger partial charge in [0.15, 0.2) is 0 Å². The van der Waals surface area contributed by atoms with Crippen LogP contribution in [-0.4, -0.2) is 61.0 Å². The van der Waals surface area contributed by atoms with Crippen LogP contribution in [0.3, 0.4) is 0 Å². The summed E-state index contributed by atoms with van der Waals surface area (Å²) in [6.45, 7) is 4.81. The Kier molecular flexibility index (Phi) is 4.85. The molecule has 0 aromatic rings. The summed E-state index contributed by atoms with van der Waals surface area (Å²) in [5.41, 5.74) is 0.226. The Morgan fingerprint density at radius 3 is 2.58 bits per heavy atom. The molecule has 0 bridgehead atoms. The van der Waals surface area contributed by atoms with Gasteiger partial charge in [-0.1, -0.05) is 19.8 Å². The molecule has 1 atom stereocenters. The van der Waals surface area contributed by atoms with E-state index in [2.05, 4.69) is 36.1 Å². The van der Waals surface area contributed by atoms with Gasteiger partial charge in [-0.15, -0.1) is 0 Å². The number of likely N-dealkylation sites (N-methyl/N-ethyl adjacent to an activating group) is 2. The van der Waals surface area contributed by atoms with Crippen molar-refractivity contribution >= 4 is 5.91 Å². The fourth-order valence-electron chi connectivity index (χ4n) is 3.67. The Morgan fingerprint density at radius 1 is 1.32 bits per heavy atom. The van der Waals surface area contributed by atoms with Crippen LogP contribution in [0.4, 0.5) is 0 Å². The van der Waals surface area contributed by atoms with Crippen LogP contribution in [0.25, 0.3) is 0 Å². The van der Waals surface area contributed by atoms with Crippen molar-refractivity contribution < 1.29 is 4.79 Å². The molecule has 2 rings (SSSR count). The van der Waals surface area contributed by atoms with Crippen LogP contribution >= 0.6 is 0 Å². The fourth-order valence-corrected chi connectivity index (χ4v) is 3.67. The van der Waals surface area contributed by atoms with Crippen LogP contribution in [0.1, 0.15) is 45.4 Å². The van der Waals surface area contributed by atoms with Gasteiger partial charge in [-0.3, -0.25) is 4.79 Å². The first-order chi connectivity index (χ1) is 9.09. The van der Waals surface area contributed by atoms with Gasteiger partial charge in [0.1, 0.15) is 0 Å². The zero-order valence-electron chi connectivity index (χ0n) is 12.7. The number of hydrogen-bond acceptors (Lipinski definition) is 3. The van der Waals surface area contributed by atoms with Crippen molar-refractivity contribution in [2.24, 2.45) is 0 Å². The molecule has 1 aliphatic carbocycles. The average Bonchev–Trinajstić information content (AvgIpc) is 2.84. The number of likely N-dealkylation sites (tertiary alicyclic amines) is 1. The van der Waals surface area contributed by atoms with Gasteiger partial charge in [0, 0.05) is 18.6 Å². The third kappa shape index (κ3) is 3.11. The molecule has 1 N–H and O–H groups in total. The van der Waals surface area contributed by atoms with Crippen LogP contribution < -0.4 is 5.32 Å². The Balaban J connectivity index is 2.02. The second-order valence-corrected chi connectivity index (χ2v) is 6.34. The highest BCUT2D eigenvalue weighted by atomic mass is 16.2. The maximum atomic E-state index is 12.5. The van der Waals surface area contributed by atoms with Gasteiger partial charge < -0.3 is 15.1 Å². The Hall–Kier alpha value is -0.610. The first-order valence-corrected chi connectivity index (χ1v) is 7.79. The summed E-state index contributed by atoms with van der Waals surface area (Å²) >= 11 is 0. The highest BCUT2D eigenvalue weighted by Gasteiger charge is 2.40. The molecule has 4 heteroatoms. The maximum absolute atomic E-state index is 12.5. The van der Waals surface area contributed by atoms with E-state index in [1.54, 1.807) is 0 Å². The van der Waals surface area contributed by atoms with Crippen LogP contribution in [0.15, 0.2) is 0 Å². The molecule has 4 nitrogen and oxygen atoms in total. The summed E-state index contributed by atoms with van der Waals surface area (Å²) in [4.78, 5) is 17.0. The lowest BCUT2D eigenvalue weighted by molar-refractivity contribution is -0.138. The van der Waals surface area contributed by atoms with E-state index in [0.29, 0.717) is 5.91 Å². The summed E-state index contributed by atoms with van der Waals surface area (Å²) in [5.74, 6) is 0.321. The summed E-state index contributed by atoms with van der Waals surface area (Å²) < 4.78 is 0. The van der Waals surface area contributed by atoms with Crippen LogP contribution in [0, 0.1) is 0 Å². The predicted octanol–water partition coefficient (Wildman–Crippen LogP) is 1.46. The lowest BCUT2D eigenvalue weighted by Crippen LogP contribution is -2.58. The second-order valence-electron chi connectivity index (χ2n) is 6.34. The highest BCUT2D eigenvalue weighted by Crippen LogP contribution is 2.35. The van der Waals surface area contributed by atoms with Crippen LogP contribution in [0.2, 0.25) is 0 Å². The lowest BCUT2D eigenvalue weighted by Gasteiger charge is -2.43. The van der Waals surface area contributed by atoms with Crippen molar-refractivity contribution in [3.63, 3.8) is 0 Å². The topological polar surface area (TPSA) is 35.6 Å². The number of nitrogens with one attached hydrogen (secondary N) is 1. The van der Waals surface area contributed by atoms with Crippen molar-refractivity contribution in [3.8, 4) is 0 Å². The molecule has 1 heterocycles. The van der Waals surface area contributed by atoms with Crippen molar-refractivity contribution in [2.75, 3.05) is 33.7 Å². The first kappa shape index (κ1) is 14.8.